The summed E-state index contributed by atoms with van der Waals surface area (Å²) in [6.45, 7) is 5.48. The van der Waals surface area contributed by atoms with Crippen molar-refractivity contribution in [1.29, 1.82) is 0 Å². The Morgan fingerprint density at radius 2 is 1.73 bits per heavy atom. The van der Waals surface area contributed by atoms with Crippen LogP contribution in [0.4, 0.5) is 0 Å². The monoisotopic (exact) mass is 272 g/mol. The highest BCUT2D eigenvalue weighted by Crippen LogP contribution is 2.05. The molecule has 3 heteroatoms. The average Bonchev–Trinajstić information content (AvgIpc) is 2.01. The van der Waals surface area contributed by atoms with Crippen molar-refractivity contribution in [2.45, 2.75) is 33.0 Å². The highest BCUT2D eigenvalue weighted by molar-refractivity contribution is 14.1. The molecule has 0 N–H and O–H groups in total. The van der Waals surface area contributed by atoms with Crippen LogP contribution in [0, 0.1) is 0 Å². The lowest BCUT2D eigenvalue weighted by Crippen LogP contribution is -2.17. The SMILES string of the molecule is CCOC(CCCI)OCC. The van der Waals surface area contributed by atoms with Gasteiger partial charge in [-0.05, 0) is 31.1 Å². The first-order chi connectivity index (χ1) is 5.35. The molecule has 0 atom stereocenters. The third-order valence-corrected chi connectivity index (χ3v) is 2.04. The van der Waals surface area contributed by atoms with Gasteiger partial charge < -0.3 is 9.47 Å². The van der Waals surface area contributed by atoms with E-state index in [1.54, 1.807) is 0 Å². The second-order valence-corrected chi connectivity index (χ2v) is 3.25. The zero-order valence-electron chi connectivity index (χ0n) is 7.31. The van der Waals surface area contributed by atoms with Gasteiger partial charge in [-0.15, -0.1) is 0 Å². The number of hydrogen-bond acceptors (Lipinski definition) is 2. The van der Waals surface area contributed by atoms with Gasteiger partial charge in [-0.3, -0.25) is 0 Å². The molecule has 0 aliphatic heterocycles. The molecule has 0 aliphatic rings. The van der Waals surface area contributed by atoms with Crippen LogP contribution >= 0.6 is 22.6 Å². The molecule has 0 spiro atoms. The van der Waals surface area contributed by atoms with Crippen molar-refractivity contribution in [2.24, 2.45) is 0 Å². The second-order valence-electron chi connectivity index (χ2n) is 2.17. The molecular weight excluding hydrogens is 255 g/mol. The fraction of sp³-hybridized carbons (Fsp3) is 1.00. The van der Waals surface area contributed by atoms with Gasteiger partial charge in [0, 0.05) is 13.2 Å². The van der Waals surface area contributed by atoms with Crippen LogP contribution in [-0.4, -0.2) is 23.9 Å². The molecule has 0 aromatic heterocycles. The van der Waals surface area contributed by atoms with Gasteiger partial charge in [-0.2, -0.15) is 0 Å². The van der Waals surface area contributed by atoms with Crippen LogP contribution in [0.1, 0.15) is 26.7 Å². The summed E-state index contributed by atoms with van der Waals surface area (Å²) in [5, 5.41) is 0. The topological polar surface area (TPSA) is 18.5 Å². The number of ether oxygens (including phenoxy) is 2. The number of alkyl halides is 1. The fourth-order valence-corrected chi connectivity index (χ4v) is 1.27. The van der Waals surface area contributed by atoms with Gasteiger partial charge in [0.2, 0.25) is 0 Å². The third kappa shape index (κ3) is 7.03. The summed E-state index contributed by atoms with van der Waals surface area (Å²) in [7, 11) is 0. The molecule has 0 unspecified atom stereocenters. The summed E-state index contributed by atoms with van der Waals surface area (Å²) in [6.07, 6.45) is 2.22. The molecule has 0 amide bonds. The number of rotatable bonds is 7. The summed E-state index contributed by atoms with van der Waals surface area (Å²) < 4.78 is 11.9. The van der Waals surface area contributed by atoms with Crippen molar-refractivity contribution >= 4 is 22.6 Å². The second kappa shape index (κ2) is 8.74. The highest BCUT2D eigenvalue weighted by atomic mass is 127. The summed E-state index contributed by atoms with van der Waals surface area (Å²) in [6, 6.07) is 0. The molecule has 0 saturated heterocycles. The zero-order chi connectivity index (χ0) is 8.53. The van der Waals surface area contributed by atoms with Gasteiger partial charge in [0.25, 0.3) is 0 Å². The summed E-state index contributed by atoms with van der Waals surface area (Å²) in [4.78, 5) is 0. The first-order valence-corrected chi connectivity index (χ1v) is 5.66. The predicted octanol–water partition coefficient (Wildman–Crippen LogP) is 2.60. The van der Waals surface area contributed by atoms with Crippen molar-refractivity contribution in [3.05, 3.63) is 0 Å². The van der Waals surface area contributed by atoms with E-state index in [-0.39, 0.29) is 6.29 Å². The molecule has 0 aliphatic carbocycles. The maximum atomic E-state index is 5.36. The van der Waals surface area contributed by atoms with Crippen molar-refractivity contribution in [1.82, 2.24) is 0 Å². The first kappa shape index (κ1) is 11.6. The molecule has 0 aromatic rings. The molecule has 0 fully saturated rings. The Labute approximate surface area is 82.8 Å². The van der Waals surface area contributed by atoms with Crippen LogP contribution in [0.15, 0.2) is 0 Å². The standard InChI is InChI=1S/C8H17IO2/c1-3-10-8(11-4-2)6-5-7-9/h8H,3-7H2,1-2H3. The molecule has 0 bridgehead atoms. The Balaban J connectivity index is 3.34. The van der Waals surface area contributed by atoms with E-state index < -0.39 is 0 Å². The molecule has 0 heterocycles. The predicted molar refractivity (Wildman–Crippen MR) is 55.2 cm³/mol. The number of halogens is 1. The molecule has 11 heavy (non-hydrogen) atoms. The van der Waals surface area contributed by atoms with Crippen LogP contribution in [0.25, 0.3) is 0 Å². The van der Waals surface area contributed by atoms with Crippen molar-refractivity contribution in [3.63, 3.8) is 0 Å². The largest absolute Gasteiger partial charge is 0.353 e. The lowest BCUT2D eigenvalue weighted by Gasteiger charge is -2.15. The van der Waals surface area contributed by atoms with E-state index in [4.69, 9.17) is 9.47 Å². The van der Waals surface area contributed by atoms with E-state index in [0.29, 0.717) is 0 Å². The minimum absolute atomic E-state index is 0.0276. The average molecular weight is 272 g/mol. The zero-order valence-corrected chi connectivity index (χ0v) is 9.46. The van der Waals surface area contributed by atoms with Gasteiger partial charge in [0.05, 0.1) is 0 Å². The van der Waals surface area contributed by atoms with E-state index in [2.05, 4.69) is 22.6 Å². The lowest BCUT2D eigenvalue weighted by atomic mass is 10.3. The van der Waals surface area contributed by atoms with Gasteiger partial charge in [-0.1, -0.05) is 22.6 Å². The Morgan fingerprint density at radius 1 is 1.18 bits per heavy atom. The van der Waals surface area contributed by atoms with Crippen molar-refractivity contribution < 1.29 is 9.47 Å². The van der Waals surface area contributed by atoms with Crippen LogP contribution < -0.4 is 0 Å². The Bertz CT molecular complexity index is 72.5. The van der Waals surface area contributed by atoms with E-state index >= 15 is 0 Å². The third-order valence-electron chi connectivity index (χ3n) is 1.28. The molecule has 0 radical (unpaired) electrons. The molecule has 68 valence electrons. The number of hydrogen-bond donors (Lipinski definition) is 0. The van der Waals surface area contributed by atoms with Crippen molar-refractivity contribution in [2.75, 3.05) is 17.6 Å². The van der Waals surface area contributed by atoms with E-state index in [1.807, 2.05) is 13.8 Å². The van der Waals surface area contributed by atoms with E-state index in [1.165, 1.54) is 10.8 Å². The summed E-state index contributed by atoms with van der Waals surface area (Å²) in [5.41, 5.74) is 0. The Kier molecular flexibility index (Phi) is 9.26. The van der Waals surface area contributed by atoms with Crippen LogP contribution in [0.5, 0.6) is 0 Å². The van der Waals surface area contributed by atoms with Gasteiger partial charge in [0.1, 0.15) is 0 Å². The first-order valence-electron chi connectivity index (χ1n) is 4.14. The van der Waals surface area contributed by atoms with Crippen LogP contribution in [0.3, 0.4) is 0 Å². The molecular formula is C8H17IO2. The summed E-state index contributed by atoms with van der Waals surface area (Å²) >= 11 is 2.37. The maximum Gasteiger partial charge on any atom is 0.157 e. The van der Waals surface area contributed by atoms with Gasteiger partial charge >= 0.3 is 0 Å². The minimum atomic E-state index is 0.0276. The van der Waals surface area contributed by atoms with Gasteiger partial charge in [0.15, 0.2) is 6.29 Å². The highest BCUT2D eigenvalue weighted by Gasteiger charge is 2.05. The minimum Gasteiger partial charge on any atom is -0.353 e. The summed E-state index contributed by atoms with van der Waals surface area (Å²) in [5.74, 6) is 0. The molecule has 2 nitrogen and oxygen atoms in total. The molecule has 0 rings (SSSR count). The Morgan fingerprint density at radius 3 is 2.09 bits per heavy atom. The Hall–Kier alpha value is 0.650. The smallest absolute Gasteiger partial charge is 0.157 e. The normalized spacial score (nSPS) is 10.9. The van der Waals surface area contributed by atoms with Crippen LogP contribution in [0.2, 0.25) is 0 Å². The van der Waals surface area contributed by atoms with E-state index in [9.17, 15) is 0 Å². The van der Waals surface area contributed by atoms with Crippen molar-refractivity contribution in [3.8, 4) is 0 Å². The lowest BCUT2D eigenvalue weighted by molar-refractivity contribution is -0.139. The fourth-order valence-electron chi connectivity index (χ4n) is 0.830. The van der Waals surface area contributed by atoms with Gasteiger partial charge in [-0.25, -0.2) is 0 Å². The van der Waals surface area contributed by atoms with Crippen LogP contribution in [-0.2, 0) is 9.47 Å². The maximum absolute atomic E-state index is 5.36. The molecule has 0 saturated carbocycles. The molecule has 0 aromatic carbocycles. The van der Waals surface area contributed by atoms with E-state index in [0.717, 1.165) is 19.6 Å². The quantitative estimate of drug-likeness (QED) is 0.403.